The first-order valence-electron chi connectivity index (χ1n) is 12.6. The third-order valence-electron chi connectivity index (χ3n) is 6.37. The molecule has 0 bridgehead atoms. The van der Waals surface area contributed by atoms with Crippen molar-refractivity contribution in [1.29, 1.82) is 0 Å². The summed E-state index contributed by atoms with van der Waals surface area (Å²) in [5.74, 6) is 6.50. The molecular weight excluding hydrogens is 490 g/mol. The SMILES string of the molecule is CC(C)CC#Cc1ccc2c(c1)OC(CN(C)C(=O)Cc1cccnc1)[C@H](C)CN([C@H](C)CO)S2(=O)=O. The molecule has 1 aromatic carbocycles. The average Bonchev–Trinajstić information content (AvgIpc) is 2.86. The zero-order chi connectivity index (χ0) is 27.2. The second-order valence-electron chi connectivity index (χ2n) is 10.1. The monoisotopic (exact) mass is 527 g/mol. The largest absolute Gasteiger partial charge is 0.487 e. The number of carbonyl (C=O) groups is 1. The van der Waals surface area contributed by atoms with Gasteiger partial charge in [-0.25, -0.2) is 8.42 Å². The van der Waals surface area contributed by atoms with E-state index in [0.717, 1.165) is 12.0 Å². The van der Waals surface area contributed by atoms with E-state index < -0.39 is 22.2 Å². The van der Waals surface area contributed by atoms with Gasteiger partial charge in [0.15, 0.2) is 0 Å². The number of fused-ring (bicyclic) bond motifs is 1. The molecule has 200 valence electrons. The van der Waals surface area contributed by atoms with Crippen LogP contribution >= 0.6 is 0 Å². The quantitative estimate of drug-likeness (QED) is 0.556. The Bertz CT molecular complexity index is 1240. The Morgan fingerprint density at radius 2 is 2.05 bits per heavy atom. The number of carbonyl (C=O) groups excluding carboxylic acids is 1. The molecule has 1 unspecified atom stereocenters. The fraction of sp³-hybridized carbons (Fsp3) is 0.500. The summed E-state index contributed by atoms with van der Waals surface area (Å²) in [6.07, 6.45) is 3.77. The number of amides is 1. The molecule has 1 aromatic heterocycles. The average molecular weight is 528 g/mol. The molecule has 1 amide bonds. The highest BCUT2D eigenvalue weighted by molar-refractivity contribution is 7.89. The molecule has 37 heavy (non-hydrogen) atoms. The molecule has 0 saturated heterocycles. The molecule has 2 heterocycles. The zero-order valence-electron chi connectivity index (χ0n) is 22.2. The van der Waals surface area contributed by atoms with Crippen LogP contribution in [-0.4, -0.2) is 72.5 Å². The number of aromatic nitrogens is 1. The summed E-state index contributed by atoms with van der Waals surface area (Å²) in [6.45, 7) is 7.85. The Morgan fingerprint density at radius 1 is 1.30 bits per heavy atom. The van der Waals surface area contributed by atoms with E-state index in [1.165, 1.54) is 10.4 Å². The van der Waals surface area contributed by atoms with Crippen LogP contribution in [0.15, 0.2) is 47.6 Å². The zero-order valence-corrected chi connectivity index (χ0v) is 23.0. The van der Waals surface area contributed by atoms with Crippen molar-refractivity contribution in [3.8, 4) is 17.6 Å². The summed E-state index contributed by atoms with van der Waals surface area (Å²) in [7, 11) is -2.22. The number of benzene rings is 1. The molecule has 9 heteroatoms. The van der Waals surface area contributed by atoms with Crippen LogP contribution in [0.3, 0.4) is 0 Å². The van der Waals surface area contributed by atoms with E-state index in [9.17, 15) is 18.3 Å². The summed E-state index contributed by atoms with van der Waals surface area (Å²) in [5.41, 5.74) is 1.47. The summed E-state index contributed by atoms with van der Waals surface area (Å²) < 4.78 is 34.9. The van der Waals surface area contributed by atoms with Crippen molar-refractivity contribution in [2.75, 3.05) is 26.7 Å². The standard InChI is InChI=1S/C28H37N3O5S/c1-20(2)8-6-9-23-11-12-27-25(14-23)36-26(21(3)17-31(22(4)19-32)37(27,34)35)18-30(5)28(33)15-24-10-7-13-29-16-24/h7,10-14,16,20-22,26,32H,8,15,17-19H2,1-5H3/t21-,22-,26?/m1/s1. The molecule has 3 rings (SSSR count). The fourth-order valence-electron chi connectivity index (χ4n) is 4.06. The maximum absolute atomic E-state index is 13.6. The summed E-state index contributed by atoms with van der Waals surface area (Å²) in [4.78, 5) is 18.6. The van der Waals surface area contributed by atoms with Gasteiger partial charge in [0.1, 0.15) is 16.7 Å². The van der Waals surface area contributed by atoms with Gasteiger partial charge < -0.3 is 14.7 Å². The van der Waals surface area contributed by atoms with Crippen molar-refractivity contribution in [3.63, 3.8) is 0 Å². The van der Waals surface area contributed by atoms with Crippen molar-refractivity contribution >= 4 is 15.9 Å². The van der Waals surface area contributed by atoms with Crippen LogP contribution in [0, 0.1) is 23.7 Å². The van der Waals surface area contributed by atoms with Crippen LogP contribution in [0.5, 0.6) is 5.75 Å². The number of aliphatic hydroxyl groups excluding tert-OH is 1. The molecule has 2 aromatic rings. The third-order valence-corrected chi connectivity index (χ3v) is 8.39. The van der Waals surface area contributed by atoms with Gasteiger partial charge in [-0.05, 0) is 42.7 Å². The van der Waals surface area contributed by atoms with Crippen molar-refractivity contribution in [1.82, 2.24) is 14.2 Å². The number of likely N-dealkylation sites (N-methyl/N-ethyl adjacent to an activating group) is 1. The van der Waals surface area contributed by atoms with E-state index in [-0.39, 0.29) is 48.6 Å². The highest BCUT2D eigenvalue weighted by atomic mass is 32.2. The van der Waals surface area contributed by atoms with Crippen LogP contribution in [0.2, 0.25) is 0 Å². The molecule has 0 radical (unpaired) electrons. The van der Waals surface area contributed by atoms with Gasteiger partial charge in [0.25, 0.3) is 0 Å². The maximum atomic E-state index is 13.6. The lowest BCUT2D eigenvalue weighted by molar-refractivity contribution is -0.130. The Balaban J connectivity index is 1.95. The minimum absolute atomic E-state index is 0.0310. The van der Waals surface area contributed by atoms with Crippen LogP contribution in [0.4, 0.5) is 0 Å². The van der Waals surface area contributed by atoms with E-state index in [1.54, 1.807) is 49.5 Å². The van der Waals surface area contributed by atoms with Crippen LogP contribution in [0.1, 0.15) is 45.2 Å². The normalized spacial score (nSPS) is 20.0. The van der Waals surface area contributed by atoms with Crippen molar-refractivity contribution in [2.45, 2.75) is 57.6 Å². The molecule has 8 nitrogen and oxygen atoms in total. The Kier molecular flexibility index (Phi) is 9.71. The first kappa shape index (κ1) is 28.6. The van der Waals surface area contributed by atoms with Crippen LogP contribution in [0.25, 0.3) is 0 Å². The van der Waals surface area contributed by atoms with Gasteiger partial charge in [0, 0.05) is 49.9 Å². The van der Waals surface area contributed by atoms with Gasteiger partial charge in [-0.1, -0.05) is 38.7 Å². The number of rotatable bonds is 7. The number of sulfonamides is 1. The van der Waals surface area contributed by atoms with E-state index in [1.807, 2.05) is 13.0 Å². The smallest absolute Gasteiger partial charge is 0.247 e. The number of nitrogens with zero attached hydrogens (tertiary/aromatic N) is 3. The molecular formula is C28H37N3O5S. The second-order valence-corrected chi connectivity index (χ2v) is 12.0. The molecule has 0 spiro atoms. The van der Waals surface area contributed by atoms with Crippen molar-refractivity contribution < 1.29 is 23.1 Å². The Labute approximate surface area is 220 Å². The Morgan fingerprint density at radius 3 is 2.70 bits per heavy atom. The predicted octanol–water partition coefficient (Wildman–Crippen LogP) is 2.95. The summed E-state index contributed by atoms with van der Waals surface area (Å²) in [6, 6.07) is 7.88. The third kappa shape index (κ3) is 7.31. The number of hydrogen-bond donors (Lipinski definition) is 1. The Hall–Kier alpha value is -2.93. The van der Waals surface area contributed by atoms with E-state index in [4.69, 9.17) is 4.74 Å². The maximum Gasteiger partial charge on any atom is 0.247 e. The molecule has 1 aliphatic rings. The van der Waals surface area contributed by atoms with Crippen LogP contribution in [-0.2, 0) is 21.2 Å². The van der Waals surface area contributed by atoms with E-state index in [0.29, 0.717) is 11.5 Å². The fourth-order valence-corrected chi connectivity index (χ4v) is 5.89. The van der Waals surface area contributed by atoms with E-state index >= 15 is 0 Å². The summed E-state index contributed by atoms with van der Waals surface area (Å²) >= 11 is 0. The highest BCUT2D eigenvalue weighted by Crippen LogP contribution is 2.34. The molecule has 1 aliphatic heterocycles. The number of ether oxygens (including phenoxy) is 1. The van der Waals surface area contributed by atoms with Gasteiger partial charge >= 0.3 is 0 Å². The van der Waals surface area contributed by atoms with Crippen LogP contribution < -0.4 is 4.74 Å². The van der Waals surface area contributed by atoms with Gasteiger partial charge in [0.05, 0.1) is 19.6 Å². The second kappa shape index (κ2) is 12.5. The number of pyridine rings is 1. The first-order chi connectivity index (χ1) is 17.5. The lowest BCUT2D eigenvalue weighted by Crippen LogP contribution is -2.50. The van der Waals surface area contributed by atoms with Crippen molar-refractivity contribution in [3.05, 3.63) is 53.9 Å². The number of aliphatic hydroxyl groups is 1. The topological polar surface area (TPSA) is 100 Å². The van der Waals surface area contributed by atoms with Gasteiger partial charge in [0.2, 0.25) is 15.9 Å². The molecule has 1 N–H and O–H groups in total. The van der Waals surface area contributed by atoms with Gasteiger partial charge in [-0.3, -0.25) is 9.78 Å². The highest BCUT2D eigenvalue weighted by Gasteiger charge is 2.38. The molecule has 0 saturated carbocycles. The summed E-state index contributed by atoms with van der Waals surface area (Å²) in [5, 5.41) is 9.81. The molecule has 0 fully saturated rings. The molecule has 3 atom stereocenters. The number of hydrogen-bond acceptors (Lipinski definition) is 6. The molecule has 0 aliphatic carbocycles. The minimum Gasteiger partial charge on any atom is -0.487 e. The first-order valence-corrected chi connectivity index (χ1v) is 14.0. The van der Waals surface area contributed by atoms with Gasteiger partial charge in [-0.15, -0.1) is 0 Å². The lowest BCUT2D eigenvalue weighted by atomic mass is 10.0. The van der Waals surface area contributed by atoms with Crippen molar-refractivity contribution in [2.24, 2.45) is 11.8 Å². The lowest BCUT2D eigenvalue weighted by Gasteiger charge is -2.37. The minimum atomic E-state index is -3.93. The predicted molar refractivity (Wildman–Crippen MR) is 142 cm³/mol. The van der Waals surface area contributed by atoms with E-state index in [2.05, 4.69) is 30.7 Å². The van der Waals surface area contributed by atoms with Gasteiger partial charge in [-0.2, -0.15) is 4.31 Å².